The van der Waals surface area contributed by atoms with Crippen molar-refractivity contribution in [3.8, 4) is 0 Å². The third-order valence-electron chi connectivity index (χ3n) is 4.06. The number of para-hydroxylation sites is 1. The van der Waals surface area contributed by atoms with E-state index in [0.29, 0.717) is 6.04 Å². The summed E-state index contributed by atoms with van der Waals surface area (Å²) in [7, 11) is 0. The van der Waals surface area contributed by atoms with Crippen LogP contribution in [0.3, 0.4) is 0 Å². The van der Waals surface area contributed by atoms with Gasteiger partial charge in [0.15, 0.2) is 0 Å². The van der Waals surface area contributed by atoms with E-state index in [2.05, 4.69) is 42.7 Å². The third-order valence-corrected chi connectivity index (χ3v) is 4.06. The second kappa shape index (κ2) is 7.54. The molecule has 0 radical (unpaired) electrons. The molecule has 1 atom stereocenters. The van der Waals surface area contributed by atoms with E-state index in [0.717, 1.165) is 13.1 Å². The van der Waals surface area contributed by atoms with Crippen LogP contribution in [0.5, 0.6) is 0 Å². The second-order valence-electron chi connectivity index (χ2n) is 5.64. The Kier molecular flexibility index (Phi) is 5.71. The molecule has 1 aliphatic heterocycles. The van der Waals surface area contributed by atoms with Gasteiger partial charge in [0.05, 0.1) is 0 Å². The molecule has 0 amide bonds. The lowest BCUT2D eigenvalue weighted by Crippen LogP contribution is -2.28. The largest absolute Gasteiger partial charge is 0.384 e. The van der Waals surface area contributed by atoms with Gasteiger partial charge in [-0.1, -0.05) is 51.3 Å². The van der Waals surface area contributed by atoms with Crippen molar-refractivity contribution in [2.75, 3.05) is 11.9 Å². The minimum absolute atomic E-state index is 0.683. The SMILES string of the molecule is CCCCC(CCC)NCc1cccc2c1NCC2. The van der Waals surface area contributed by atoms with Gasteiger partial charge in [-0.15, -0.1) is 0 Å². The van der Waals surface area contributed by atoms with E-state index in [1.807, 2.05) is 0 Å². The molecule has 2 N–H and O–H groups in total. The maximum atomic E-state index is 3.76. The number of hydrogen-bond donors (Lipinski definition) is 2. The van der Waals surface area contributed by atoms with Gasteiger partial charge in [0.25, 0.3) is 0 Å². The van der Waals surface area contributed by atoms with Crippen LogP contribution in [0.15, 0.2) is 18.2 Å². The number of benzene rings is 1. The van der Waals surface area contributed by atoms with Gasteiger partial charge >= 0.3 is 0 Å². The summed E-state index contributed by atoms with van der Waals surface area (Å²) in [4.78, 5) is 0. The highest BCUT2D eigenvalue weighted by molar-refractivity contribution is 5.61. The molecular formula is C17H28N2. The zero-order valence-corrected chi connectivity index (χ0v) is 12.5. The fraction of sp³-hybridized carbons (Fsp3) is 0.647. The Balaban J connectivity index is 1.91. The molecule has 1 aromatic carbocycles. The number of hydrogen-bond acceptors (Lipinski definition) is 2. The van der Waals surface area contributed by atoms with Crippen LogP contribution in [0.4, 0.5) is 5.69 Å². The minimum atomic E-state index is 0.683. The lowest BCUT2D eigenvalue weighted by Gasteiger charge is -2.19. The molecule has 1 aromatic rings. The first-order chi connectivity index (χ1) is 9.35. The molecule has 0 saturated heterocycles. The smallest absolute Gasteiger partial charge is 0.0419 e. The molecule has 1 unspecified atom stereocenters. The van der Waals surface area contributed by atoms with Crippen LogP contribution >= 0.6 is 0 Å². The lowest BCUT2D eigenvalue weighted by molar-refractivity contribution is 0.434. The molecule has 0 aromatic heterocycles. The molecule has 19 heavy (non-hydrogen) atoms. The zero-order valence-electron chi connectivity index (χ0n) is 12.5. The quantitative estimate of drug-likeness (QED) is 0.735. The number of rotatable bonds is 8. The molecule has 106 valence electrons. The van der Waals surface area contributed by atoms with Crippen molar-refractivity contribution in [1.29, 1.82) is 0 Å². The van der Waals surface area contributed by atoms with Gasteiger partial charge in [0, 0.05) is 24.8 Å². The Labute approximate surface area is 118 Å². The van der Waals surface area contributed by atoms with Crippen molar-refractivity contribution in [1.82, 2.24) is 5.32 Å². The van der Waals surface area contributed by atoms with Crippen LogP contribution in [0.25, 0.3) is 0 Å². The van der Waals surface area contributed by atoms with Gasteiger partial charge in [-0.25, -0.2) is 0 Å². The highest BCUT2D eigenvalue weighted by atomic mass is 14.9. The summed E-state index contributed by atoms with van der Waals surface area (Å²) in [5, 5.41) is 7.29. The van der Waals surface area contributed by atoms with Crippen LogP contribution in [0.1, 0.15) is 57.1 Å². The first kappa shape index (κ1) is 14.4. The van der Waals surface area contributed by atoms with Crippen molar-refractivity contribution in [2.45, 2.75) is 65.0 Å². The summed E-state index contributed by atoms with van der Waals surface area (Å²) in [6.45, 7) is 6.66. The Morgan fingerprint density at radius 2 is 2.11 bits per heavy atom. The summed E-state index contributed by atoms with van der Waals surface area (Å²) in [6, 6.07) is 7.39. The first-order valence-corrected chi connectivity index (χ1v) is 7.93. The first-order valence-electron chi connectivity index (χ1n) is 7.93. The fourth-order valence-corrected chi connectivity index (χ4v) is 2.96. The van der Waals surface area contributed by atoms with Crippen molar-refractivity contribution >= 4 is 5.69 Å². The van der Waals surface area contributed by atoms with E-state index in [-0.39, 0.29) is 0 Å². The van der Waals surface area contributed by atoms with Crippen molar-refractivity contribution in [3.63, 3.8) is 0 Å². The molecule has 0 aliphatic carbocycles. The van der Waals surface area contributed by atoms with Crippen LogP contribution in [-0.4, -0.2) is 12.6 Å². The standard InChI is InChI=1S/C17H28N2/c1-3-5-10-16(7-4-2)19-13-15-9-6-8-14-11-12-18-17(14)15/h6,8-9,16,18-19H,3-5,7,10-13H2,1-2H3. The molecule has 2 rings (SSSR count). The average Bonchev–Trinajstić information content (AvgIpc) is 2.90. The van der Waals surface area contributed by atoms with Gasteiger partial charge in [0.2, 0.25) is 0 Å². The van der Waals surface area contributed by atoms with Crippen molar-refractivity contribution in [2.24, 2.45) is 0 Å². The van der Waals surface area contributed by atoms with Gasteiger partial charge in [-0.3, -0.25) is 0 Å². The zero-order chi connectivity index (χ0) is 13.5. The van der Waals surface area contributed by atoms with Crippen LogP contribution in [0.2, 0.25) is 0 Å². The van der Waals surface area contributed by atoms with Gasteiger partial charge < -0.3 is 10.6 Å². The summed E-state index contributed by atoms with van der Waals surface area (Å²) >= 11 is 0. The van der Waals surface area contributed by atoms with Crippen molar-refractivity contribution < 1.29 is 0 Å². The molecule has 1 aliphatic rings. The molecule has 0 spiro atoms. The van der Waals surface area contributed by atoms with E-state index >= 15 is 0 Å². The van der Waals surface area contributed by atoms with Gasteiger partial charge in [-0.05, 0) is 30.4 Å². The Hall–Kier alpha value is -1.02. The molecule has 2 nitrogen and oxygen atoms in total. The summed E-state index contributed by atoms with van der Waals surface area (Å²) < 4.78 is 0. The predicted molar refractivity (Wildman–Crippen MR) is 83.7 cm³/mol. The highest BCUT2D eigenvalue weighted by Gasteiger charge is 2.14. The Morgan fingerprint density at radius 1 is 1.21 bits per heavy atom. The number of unbranched alkanes of at least 4 members (excludes halogenated alkanes) is 1. The minimum Gasteiger partial charge on any atom is -0.384 e. The monoisotopic (exact) mass is 260 g/mol. The molecule has 0 fully saturated rings. The number of fused-ring (bicyclic) bond motifs is 1. The molecular weight excluding hydrogens is 232 g/mol. The third kappa shape index (κ3) is 3.97. The predicted octanol–water partition coefficient (Wildman–Crippen LogP) is 4.10. The van der Waals surface area contributed by atoms with E-state index in [1.165, 1.54) is 55.3 Å². The highest BCUT2D eigenvalue weighted by Crippen LogP contribution is 2.26. The molecule has 0 saturated carbocycles. The Bertz CT molecular complexity index is 387. The summed E-state index contributed by atoms with van der Waals surface area (Å²) in [5.74, 6) is 0. The summed E-state index contributed by atoms with van der Waals surface area (Å²) in [6.07, 6.45) is 7.69. The van der Waals surface area contributed by atoms with E-state index < -0.39 is 0 Å². The lowest BCUT2D eigenvalue weighted by atomic mass is 10.0. The number of nitrogens with one attached hydrogen (secondary N) is 2. The normalized spacial score (nSPS) is 15.1. The van der Waals surface area contributed by atoms with E-state index in [4.69, 9.17) is 0 Å². The molecule has 1 heterocycles. The second-order valence-corrected chi connectivity index (χ2v) is 5.64. The van der Waals surface area contributed by atoms with Gasteiger partial charge in [0.1, 0.15) is 0 Å². The fourth-order valence-electron chi connectivity index (χ4n) is 2.96. The van der Waals surface area contributed by atoms with Crippen LogP contribution in [-0.2, 0) is 13.0 Å². The maximum Gasteiger partial charge on any atom is 0.0419 e. The van der Waals surface area contributed by atoms with Gasteiger partial charge in [-0.2, -0.15) is 0 Å². The average molecular weight is 260 g/mol. The molecule has 2 heteroatoms. The van der Waals surface area contributed by atoms with Crippen LogP contribution in [0, 0.1) is 0 Å². The number of anilines is 1. The summed E-state index contributed by atoms with van der Waals surface area (Å²) in [5.41, 5.74) is 4.31. The maximum absolute atomic E-state index is 3.76. The van der Waals surface area contributed by atoms with Crippen LogP contribution < -0.4 is 10.6 Å². The Morgan fingerprint density at radius 3 is 2.89 bits per heavy atom. The van der Waals surface area contributed by atoms with E-state index in [9.17, 15) is 0 Å². The molecule has 0 bridgehead atoms. The van der Waals surface area contributed by atoms with E-state index in [1.54, 1.807) is 0 Å². The topological polar surface area (TPSA) is 24.1 Å². The van der Waals surface area contributed by atoms with Crippen molar-refractivity contribution in [3.05, 3.63) is 29.3 Å².